The molecule has 4 N–H and O–H groups in total. The largest absolute Gasteiger partial charge is 0.481 e. The quantitative estimate of drug-likeness (QED) is 0.486. The van der Waals surface area contributed by atoms with E-state index in [0.29, 0.717) is 6.42 Å². The average molecular weight is 245 g/mol. The molecule has 0 bridgehead atoms. The molecule has 0 aromatic heterocycles. The summed E-state index contributed by atoms with van der Waals surface area (Å²) in [7, 11) is 1.47. The third-order valence-corrected chi connectivity index (χ3v) is 2.28. The molecule has 17 heavy (non-hydrogen) atoms. The maximum atomic E-state index is 11.2. The first-order valence-electron chi connectivity index (χ1n) is 5.43. The minimum atomic E-state index is -0.885. The Balaban J connectivity index is 3.80. The molecule has 0 aromatic carbocycles. The molecule has 1 atom stereocenters. The van der Waals surface area contributed by atoms with E-state index in [-0.39, 0.29) is 31.3 Å². The number of amides is 3. The third kappa shape index (κ3) is 8.06. The van der Waals surface area contributed by atoms with Gasteiger partial charge in [0, 0.05) is 20.0 Å². The third-order valence-electron chi connectivity index (χ3n) is 2.28. The normalized spacial score (nSPS) is 11.4. The van der Waals surface area contributed by atoms with E-state index in [0.717, 1.165) is 0 Å². The number of rotatable bonds is 7. The molecule has 98 valence electrons. The molecule has 0 heterocycles. The summed E-state index contributed by atoms with van der Waals surface area (Å²) in [6, 6.07) is -0.475. The van der Waals surface area contributed by atoms with Crippen LogP contribution in [-0.2, 0) is 9.59 Å². The van der Waals surface area contributed by atoms with Gasteiger partial charge in [-0.1, -0.05) is 13.3 Å². The van der Waals surface area contributed by atoms with Crippen LogP contribution >= 0.6 is 0 Å². The summed E-state index contributed by atoms with van der Waals surface area (Å²) in [6.45, 7) is 2.04. The lowest BCUT2D eigenvalue weighted by Gasteiger charge is -2.13. The van der Waals surface area contributed by atoms with Crippen molar-refractivity contribution in [2.45, 2.75) is 19.8 Å². The first-order valence-corrected chi connectivity index (χ1v) is 5.43. The standard InChI is InChI=1S/C10H19N3O4/c1-3-7(4-9(15)16)5-12-10(17)13-6-8(14)11-2/h7H,3-6H2,1-2H3,(H,11,14)(H,15,16)(H2,12,13,17). The smallest absolute Gasteiger partial charge is 0.315 e. The number of hydrogen-bond donors (Lipinski definition) is 4. The van der Waals surface area contributed by atoms with E-state index in [1.165, 1.54) is 7.05 Å². The van der Waals surface area contributed by atoms with Crippen molar-refractivity contribution in [1.82, 2.24) is 16.0 Å². The average Bonchev–Trinajstić information content (AvgIpc) is 2.30. The van der Waals surface area contributed by atoms with Gasteiger partial charge in [-0.05, 0) is 5.92 Å². The van der Waals surface area contributed by atoms with Gasteiger partial charge >= 0.3 is 12.0 Å². The second-order valence-corrected chi connectivity index (χ2v) is 3.61. The van der Waals surface area contributed by atoms with Gasteiger partial charge in [-0.3, -0.25) is 9.59 Å². The number of carbonyl (C=O) groups is 3. The number of aliphatic carboxylic acids is 1. The molecule has 0 spiro atoms. The topological polar surface area (TPSA) is 108 Å². The van der Waals surface area contributed by atoms with Crippen LogP contribution in [0.4, 0.5) is 4.79 Å². The molecule has 0 fully saturated rings. The molecule has 3 amide bonds. The van der Waals surface area contributed by atoms with Crippen molar-refractivity contribution in [3.63, 3.8) is 0 Å². The fraction of sp³-hybridized carbons (Fsp3) is 0.700. The number of likely N-dealkylation sites (N-methyl/N-ethyl adjacent to an activating group) is 1. The fourth-order valence-corrected chi connectivity index (χ4v) is 1.16. The van der Waals surface area contributed by atoms with Gasteiger partial charge < -0.3 is 21.1 Å². The lowest BCUT2D eigenvalue weighted by atomic mass is 10.0. The van der Waals surface area contributed by atoms with Gasteiger partial charge in [-0.25, -0.2) is 4.79 Å². The van der Waals surface area contributed by atoms with Crippen molar-refractivity contribution >= 4 is 17.9 Å². The molecule has 0 aliphatic heterocycles. The van der Waals surface area contributed by atoms with E-state index >= 15 is 0 Å². The van der Waals surface area contributed by atoms with Gasteiger partial charge in [0.15, 0.2) is 0 Å². The zero-order valence-electron chi connectivity index (χ0n) is 10.1. The molecule has 0 aliphatic rings. The van der Waals surface area contributed by atoms with Crippen molar-refractivity contribution in [2.24, 2.45) is 5.92 Å². The predicted molar refractivity (Wildman–Crippen MR) is 61.5 cm³/mol. The summed E-state index contributed by atoms with van der Waals surface area (Å²) in [5, 5.41) is 15.9. The van der Waals surface area contributed by atoms with Crippen LogP contribution in [-0.4, -0.2) is 43.2 Å². The molecular weight excluding hydrogens is 226 g/mol. The Bertz CT molecular complexity index is 281. The highest BCUT2D eigenvalue weighted by atomic mass is 16.4. The lowest BCUT2D eigenvalue weighted by molar-refractivity contribution is -0.138. The Morgan fingerprint density at radius 3 is 2.35 bits per heavy atom. The zero-order valence-corrected chi connectivity index (χ0v) is 10.1. The molecule has 0 saturated carbocycles. The second-order valence-electron chi connectivity index (χ2n) is 3.61. The van der Waals surface area contributed by atoms with Crippen LogP contribution in [0.3, 0.4) is 0 Å². The first-order chi connectivity index (χ1) is 7.99. The Hall–Kier alpha value is -1.79. The van der Waals surface area contributed by atoms with Crippen LogP contribution in [0.1, 0.15) is 19.8 Å². The maximum absolute atomic E-state index is 11.2. The van der Waals surface area contributed by atoms with Gasteiger partial charge in [0.1, 0.15) is 0 Å². The van der Waals surface area contributed by atoms with E-state index in [9.17, 15) is 14.4 Å². The van der Waals surface area contributed by atoms with Crippen molar-refractivity contribution < 1.29 is 19.5 Å². The van der Waals surface area contributed by atoms with Crippen molar-refractivity contribution in [1.29, 1.82) is 0 Å². The Kier molecular flexibility index (Phi) is 7.49. The minimum absolute atomic E-state index is 0.0201. The summed E-state index contributed by atoms with van der Waals surface area (Å²) in [6.07, 6.45) is 0.689. The molecule has 0 aliphatic carbocycles. The van der Waals surface area contributed by atoms with Gasteiger partial charge in [0.25, 0.3) is 0 Å². The summed E-state index contributed by atoms with van der Waals surface area (Å²) in [5.41, 5.74) is 0. The molecule has 7 nitrogen and oxygen atoms in total. The maximum Gasteiger partial charge on any atom is 0.315 e. The van der Waals surface area contributed by atoms with E-state index in [2.05, 4.69) is 16.0 Å². The van der Waals surface area contributed by atoms with E-state index < -0.39 is 12.0 Å². The highest BCUT2D eigenvalue weighted by Crippen LogP contribution is 2.06. The summed E-state index contributed by atoms with van der Waals surface area (Å²) >= 11 is 0. The highest BCUT2D eigenvalue weighted by Gasteiger charge is 2.12. The zero-order chi connectivity index (χ0) is 13.3. The van der Waals surface area contributed by atoms with E-state index in [1.54, 1.807) is 0 Å². The molecule has 0 rings (SSSR count). The number of carbonyl (C=O) groups excluding carboxylic acids is 2. The molecule has 0 radical (unpaired) electrons. The number of nitrogens with one attached hydrogen (secondary N) is 3. The highest BCUT2D eigenvalue weighted by molar-refractivity contribution is 5.83. The van der Waals surface area contributed by atoms with Crippen molar-refractivity contribution in [3.05, 3.63) is 0 Å². The van der Waals surface area contributed by atoms with E-state index in [1.807, 2.05) is 6.92 Å². The van der Waals surface area contributed by atoms with Crippen LogP contribution in [0, 0.1) is 5.92 Å². The number of urea groups is 1. The Morgan fingerprint density at radius 1 is 1.24 bits per heavy atom. The van der Waals surface area contributed by atoms with Crippen LogP contribution in [0.15, 0.2) is 0 Å². The van der Waals surface area contributed by atoms with Crippen LogP contribution < -0.4 is 16.0 Å². The van der Waals surface area contributed by atoms with Crippen LogP contribution in [0.5, 0.6) is 0 Å². The van der Waals surface area contributed by atoms with Gasteiger partial charge in [-0.15, -0.1) is 0 Å². The van der Waals surface area contributed by atoms with Crippen LogP contribution in [0.25, 0.3) is 0 Å². The number of hydrogen-bond acceptors (Lipinski definition) is 3. The molecule has 7 heteroatoms. The molecular formula is C10H19N3O4. The van der Waals surface area contributed by atoms with Crippen molar-refractivity contribution in [2.75, 3.05) is 20.1 Å². The lowest BCUT2D eigenvalue weighted by Crippen LogP contribution is -2.42. The fourth-order valence-electron chi connectivity index (χ4n) is 1.16. The predicted octanol–water partition coefficient (Wildman–Crippen LogP) is -0.467. The Labute approximate surface area is 100.0 Å². The van der Waals surface area contributed by atoms with Gasteiger partial charge in [0.2, 0.25) is 5.91 Å². The monoisotopic (exact) mass is 245 g/mol. The Morgan fingerprint density at radius 2 is 1.88 bits per heavy atom. The molecule has 0 saturated heterocycles. The number of carboxylic acids is 1. The minimum Gasteiger partial charge on any atom is -0.481 e. The van der Waals surface area contributed by atoms with Crippen molar-refractivity contribution in [3.8, 4) is 0 Å². The van der Waals surface area contributed by atoms with Gasteiger partial charge in [0.05, 0.1) is 6.54 Å². The second kappa shape index (κ2) is 8.37. The molecule has 0 aromatic rings. The van der Waals surface area contributed by atoms with Gasteiger partial charge in [-0.2, -0.15) is 0 Å². The summed E-state index contributed by atoms with van der Waals surface area (Å²) in [4.78, 5) is 32.5. The SMILES string of the molecule is CCC(CNC(=O)NCC(=O)NC)CC(=O)O. The summed E-state index contributed by atoms with van der Waals surface area (Å²) in [5.74, 6) is -1.28. The summed E-state index contributed by atoms with van der Waals surface area (Å²) < 4.78 is 0. The molecule has 1 unspecified atom stereocenters. The number of carboxylic acid groups (broad SMARTS) is 1. The van der Waals surface area contributed by atoms with E-state index in [4.69, 9.17) is 5.11 Å². The van der Waals surface area contributed by atoms with Crippen LogP contribution in [0.2, 0.25) is 0 Å². The first kappa shape index (κ1) is 15.2.